The number of carboxylic acid groups (broad SMARTS) is 3. The topological polar surface area (TPSA) is 112 Å². The van der Waals surface area contributed by atoms with Crippen molar-refractivity contribution in [2.24, 2.45) is 5.92 Å². The summed E-state index contributed by atoms with van der Waals surface area (Å²) in [5, 5.41) is 26.4. The first-order valence-corrected chi connectivity index (χ1v) is 9.60. The Kier molecular flexibility index (Phi) is 14.9. The monoisotopic (exact) mass is 358 g/mol. The summed E-state index contributed by atoms with van der Waals surface area (Å²) in [6.07, 6.45) is 11.9. The van der Waals surface area contributed by atoms with Crippen LogP contribution in [0.1, 0.15) is 96.3 Å². The summed E-state index contributed by atoms with van der Waals surface area (Å²) in [4.78, 5) is 32.1. The van der Waals surface area contributed by atoms with Crippen LogP contribution in [0.5, 0.6) is 0 Å². The predicted octanol–water partition coefficient (Wildman–Crippen LogP) is 4.71. The molecule has 0 spiro atoms. The van der Waals surface area contributed by atoms with E-state index in [9.17, 15) is 19.5 Å². The summed E-state index contributed by atoms with van der Waals surface area (Å²) in [5.74, 6) is -2.49. The zero-order chi connectivity index (χ0) is 18.9. The minimum absolute atomic E-state index is 0.216. The van der Waals surface area contributed by atoms with Crippen molar-refractivity contribution >= 4 is 17.9 Å². The van der Waals surface area contributed by atoms with E-state index >= 15 is 0 Å². The number of aliphatic carboxylic acids is 3. The number of carbonyl (C=O) groups is 3. The predicted molar refractivity (Wildman–Crippen MR) is 95.7 cm³/mol. The maximum Gasteiger partial charge on any atom is 0.306 e. The Hall–Kier alpha value is -1.59. The van der Waals surface area contributed by atoms with E-state index in [2.05, 4.69) is 0 Å². The SMILES string of the molecule is O=C(O)CCCCCCCCC(CCCCCCCC(=O)O)C(=O)O. The lowest BCUT2D eigenvalue weighted by atomic mass is 9.94. The van der Waals surface area contributed by atoms with Crippen molar-refractivity contribution in [3.05, 3.63) is 0 Å². The largest absolute Gasteiger partial charge is 0.481 e. The van der Waals surface area contributed by atoms with Gasteiger partial charge in [0, 0.05) is 12.8 Å². The Morgan fingerprint density at radius 1 is 0.520 bits per heavy atom. The normalized spacial score (nSPS) is 12.0. The van der Waals surface area contributed by atoms with Gasteiger partial charge < -0.3 is 15.3 Å². The first kappa shape index (κ1) is 23.4. The van der Waals surface area contributed by atoms with Crippen LogP contribution in [0.3, 0.4) is 0 Å². The third-order valence-electron chi connectivity index (χ3n) is 4.49. The van der Waals surface area contributed by atoms with Crippen molar-refractivity contribution in [2.75, 3.05) is 0 Å². The second kappa shape index (κ2) is 15.9. The number of hydrogen-bond acceptors (Lipinski definition) is 3. The summed E-state index contributed by atoms with van der Waals surface area (Å²) in [5.41, 5.74) is 0. The maximum atomic E-state index is 11.3. The first-order chi connectivity index (χ1) is 11.9. The number of carboxylic acids is 3. The molecule has 3 N–H and O–H groups in total. The van der Waals surface area contributed by atoms with E-state index in [0.717, 1.165) is 64.2 Å². The molecule has 6 nitrogen and oxygen atoms in total. The second-order valence-corrected chi connectivity index (χ2v) is 6.79. The number of hydrogen-bond donors (Lipinski definition) is 3. The smallest absolute Gasteiger partial charge is 0.306 e. The molecule has 0 bridgehead atoms. The molecule has 146 valence electrons. The van der Waals surface area contributed by atoms with E-state index in [-0.39, 0.29) is 18.8 Å². The number of rotatable bonds is 18. The molecule has 0 fully saturated rings. The minimum Gasteiger partial charge on any atom is -0.481 e. The van der Waals surface area contributed by atoms with E-state index in [0.29, 0.717) is 19.3 Å². The van der Waals surface area contributed by atoms with Gasteiger partial charge in [-0.25, -0.2) is 0 Å². The highest BCUT2D eigenvalue weighted by Crippen LogP contribution is 2.19. The van der Waals surface area contributed by atoms with Crippen LogP contribution < -0.4 is 0 Å². The Morgan fingerprint density at radius 3 is 1.16 bits per heavy atom. The molecule has 0 radical (unpaired) electrons. The summed E-state index contributed by atoms with van der Waals surface area (Å²) in [6, 6.07) is 0. The van der Waals surface area contributed by atoms with E-state index in [1.54, 1.807) is 0 Å². The van der Waals surface area contributed by atoms with Gasteiger partial charge in [0.1, 0.15) is 0 Å². The van der Waals surface area contributed by atoms with Gasteiger partial charge in [0.05, 0.1) is 5.92 Å². The Labute approximate surface area is 150 Å². The molecule has 0 heterocycles. The second-order valence-electron chi connectivity index (χ2n) is 6.79. The van der Waals surface area contributed by atoms with Crippen LogP contribution in [0.2, 0.25) is 0 Å². The van der Waals surface area contributed by atoms with Gasteiger partial charge in [0.2, 0.25) is 0 Å². The highest BCUT2D eigenvalue weighted by atomic mass is 16.4. The quantitative estimate of drug-likeness (QED) is 0.306. The average Bonchev–Trinajstić information content (AvgIpc) is 2.53. The molecule has 0 aromatic heterocycles. The van der Waals surface area contributed by atoms with Gasteiger partial charge in [-0.1, -0.05) is 57.8 Å². The highest BCUT2D eigenvalue weighted by Gasteiger charge is 2.16. The zero-order valence-electron chi connectivity index (χ0n) is 15.3. The standard InChI is InChI=1S/C19H34O6/c20-17(21)14-10-6-2-1-4-8-12-16(19(24)25)13-9-5-3-7-11-15-18(22)23/h16H,1-15H2,(H,20,21)(H,22,23)(H,24,25). The Bertz CT molecular complexity index is 380. The van der Waals surface area contributed by atoms with Gasteiger partial charge >= 0.3 is 17.9 Å². The van der Waals surface area contributed by atoms with Crippen molar-refractivity contribution in [3.63, 3.8) is 0 Å². The fourth-order valence-electron chi connectivity index (χ4n) is 2.96. The Morgan fingerprint density at radius 2 is 0.840 bits per heavy atom. The summed E-state index contributed by atoms with van der Waals surface area (Å²) >= 11 is 0. The van der Waals surface area contributed by atoms with E-state index in [1.807, 2.05) is 0 Å². The molecule has 0 aliphatic rings. The Balaban J connectivity index is 3.57. The summed E-state index contributed by atoms with van der Waals surface area (Å²) in [6.45, 7) is 0. The molecule has 0 saturated carbocycles. The van der Waals surface area contributed by atoms with Gasteiger partial charge in [-0.05, 0) is 25.7 Å². The maximum absolute atomic E-state index is 11.3. The molecule has 0 aromatic carbocycles. The van der Waals surface area contributed by atoms with Crippen molar-refractivity contribution < 1.29 is 29.7 Å². The van der Waals surface area contributed by atoms with Crippen molar-refractivity contribution in [2.45, 2.75) is 96.3 Å². The van der Waals surface area contributed by atoms with E-state index in [1.165, 1.54) is 0 Å². The third kappa shape index (κ3) is 17.0. The summed E-state index contributed by atoms with van der Waals surface area (Å²) < 4.78 is 0. The van der Waals surface area contributed by atoms with Crippen molar-refractivity contribution in [1.82, 2.24) is 0 Å². The molecular formula is C19H34O6. The van der Waals surface area contributed by atoms with Gasteiger partial charge in [-0.2, -0.15) is 0 Å². The summed E-state index contributed by atoms with van der Waals surface area (Å²) in [7, 11) is 0. The van der Waals surface area contributed by atoms with Gasteiger partial charge in [0.25, 0.3) is 0 Å². The molecule has 1 atom stereocenters. The van der Waals surface area contributed by atoms with Crippen LogP contribution in [0, 0.1) is 5.92 Å². The van der Waals surface area contributed by atoms with Gasteiger partial charge in [0.15, 0.2) is 0 Å². The number of unbranched alkanes of at least 4 members (excludes halogenated alkanes) is 9. The molecule has 0 amide bonds. The van der Waals surface area contributed by atoms with Gasteiger partial charge in [-0.15, -0.1) is 0 Å². The first-order valence-electron chi connectivity index (χ1n) is 9.60. The van der Waals surface area contributed by atoms with Crippen molar-refractivity contribution in [1.29, 1.82) is 0 Å². The van der Waals surface area contributed by atoms with E-state index in [4.69, 9.17) is 10.2 Å². The lowest BCUT2D eigenvalue weighted by Crippen LogP contribution is -2.13. The third-order valence-corrected chi connectivity index (χ3v) is 4.49. The lowest BCUT2D eigenvalue weighted by molar-refractivity contribution is -0.142. The highest BCUT2D eigenvalue weighted by molar-refractivity contribution is 5.69. The van der Waals surface area contributed by atoms with Crippen LogP contribution in [-0.2, 0) is 14.4 Å². The van der Waals surface area contributed by atoms with Crippen LogP contribution in [0.15, 0.2) is 0 Å². The van der Waals surface area contributed by atoms with Crippen molar-refractivity contribution in [3.8, 4) is 0 Å². The average molecular weight is 358 g/mol. The zero-order valence-corrected chi connectivity index (χ0v) is 15.3. The molecule has 1 unspecified atom stereocenters. The van der Waals surface area contributed by atoms with Crippen LogP contribution in [0.4, 0.5) is 0 Å². The van der Waals surface area contributed by atoms with Crippen LogP contribution in [-0.4, -0.2) is 33.2 Å². The molecule has 0 aromatic rings. The molecule has 25 heavy (non-hydrogen) atoms. The molecular weight excluding hydrogens is 324 g/mol. The molecule has 6 heteroatoms. The molecule has 0 aliphatic heterocycles. The molecule has 0 rings (SSSR count). The fourth-order valence-corrected chi connectivity index (χ4v) is 2.96. The van der Waals surface area contributed by atoms with Crippen LogP contribution >= 0.6 is 0 Å². The minimum atomic E-state index is -0.757. The van der Waals surface area contributed by atoms with E-state index < -0.39 is 17.9 Å². The molecule has 0 saturated heterocycles. The fraction of sp³-hybridized carbons (Fsp3) is 0.842. The molecule has 0 aliphatic carbocycles. The lowest BCUT2D eigenvalue weighted by Gasteiger charge is -2.12. The van der Waals surface area contributed by atoms with Crippen LogP contribution in [0.25, 0.3) is 0 Å². The van der Waals surface area contributed by atoms with Gasteiger partial charge in [-0.3, -0.25) is 14.4 Å².